The summed E-state index contributed by atoms with van der Waals surface area (Å²) < 4.78 is 0. The lowest BCUT2D eigenvalue weighted by molar-refractivity contribution is 0.218. The minimum Gasteiger partial charge on any atom is -0.103 e. The van der Waals surface area contributed by atoms with Gasteiger partial charge in [0, 0.05) is 0 Å². The van der Waals surface area contributed by atoms with E-state index in [9.17, 15) is 0 Å². The molecule has 0 aromatic carbocycles. The summed E-state index contributed by atoms with van der Waals surface area (Å²) in [6.45, 7) is 12.4. The summed E-state index contributed by atoms with van der Waals surface area (Å²) in [6, 6.07) is 0. The van der Waals surface area contributed by atoms with Gasteiger partial charge in [-0.15, -0.1) is 13.2 Å². The highest BCUT2D eigenvalue weighted by Crippen LogP contribution is 2.47. The highest BCUT2D eigenvalue weighted by atomic mass is 14.4. The van der Waals surface area contributed by atoms with Crippen molar-refractivity contribution >= 4 is 0 Å². The van der Waals surface area contributed by atoms with E-state index in [2.05, 4.69) is 39.2 Å². The van der Waals surface area contributed by atoms with Crippen LogP contribution in [0.2, 0.25) is 0 Å². The van der Waals surface area contributed by atoms with Crippen molar-refractivity contribution in [2.24, 2.45) is 11.3 Å². The van der Waals surface area contributed by atoms with Crippen LogP contribution in [0, 0.1) is 11.3 Å². The largest absolute Gasteiger partial charge is 0.103 e. The molecule has 0 fully saturated rings. The van der Waals surface area contributed by atoms with Crippen molar-refractivity contribution in [2.45, 2.75) is 46.0 Å². The van der Waals surface area contributed by atoms with E-state index < -0.39 is 0 Å². The summed E-state index contributed by atoms with van der Waals surface area (Å²) >= 11 is 0. The van der Waals surface area contributed by atoms with Crippen molar-refractivity contribution in [3.63, 3.8) is 0 Å². The molecule has 0 bridgehead atoms. The Kier molecular flexibility index (Phi) is 4.38. The maximum absolute atomic E-state index is 3.88. The fraction of sp³-hybridized carbons (Fsp3) is 0.600. The molecule has 1 aliphatic carbocycles. The third-order valence-corrected chi connectivity index (χ3v) is 3.84. The van der Waals surface area contributed by atoms with Gasteiger partial charge >= 0.3 is 0 Å². The summed E-state index contributed by atoms with van der Waals surface area (Å²) in [4.78, 5) is 0. The van der Waals surface area contributed by atoms with Crippen LogP contribution in [0.1, 0.15) is 46.0 Å². The van der Waals surface area contributed by atoms with Crippen molar-refractivity contribution in [1.29, 1.82) is 0 Å². The zero-order valence-corrected chi connectivity index (χ0v) is 10.3. The van der Waals surface area contributed by atoms with E-state index in [1.807, 2.05) is 6.08 Å². The van der Waals surface area contributed by atoms with E-state index in [1.165, 1.54) is 19.3 Å². The molecular weight excluding hydrogens is 180 g/mol. The Balaban J connectivity index is 2.58. The zero-order valence-electron chi connectivity index (χ0n) is 10.3. The van der Waals surface area contributed by atoms with E-state index in [1.54, 1.807) is 5.57 Å². The molecule has 1 aliphatic rings. The van der Waals surface area contributed by atoms with E-state index in [0.29, 0.717) is 5.41 Å². The number of hydrogen-bond acceptors (Lipinski definition) is 0. The monoisotopic (exact) mass is 204 g/mol. The summed E-state index contributed by atoms with van der Waals surface area (Å²) in [7, 11) is 0. The van der Waals surface area contributed by atoms with Crippen molar-refractivity contribution in [3.8, 4) is 0 Å². The molecule has 0 aromatic heterocycles. The molecule has 2 unspecified atom stereocenters. The summed E-state index contributed by atoms with van der Waals surface area (Å²) in [5, 5.41) is 0. The maximum atomic E-state index is 3.88. The first-order chi connectivity index (χ1) is 7.14. The Morgan fingerprint density at radius 1 is 1.47 bits per heavy atom. The van der Waals surface area contributed by atoms with Gasteiger partial charge in [0.2, 0.25) is 0 Å². The number of allylic oxidation sites excluding steroid dienone is 4. The third kappa shape index (κ3) is 2.84. The van der Waals surface area contributed by atoms with Gasteiger partial charge in [0.1, 0.15) is 0 Å². The van der Waals surface area contributed by atoms with Gasteiger partial charge in [-0.3, -0.25) is 0 Å². The van der Waals surface area contributed by atoms with E-state index in [-0.39, 0.29) is 0 Å². The van der Waals surface area contributed by atoms with Gasteiger partial charge in [0.25, 0.3) is 0 Å². The smallest absolute Gasteiger partial charge is 0.0115 e. The molecule has 0 heteroatoms. The molecule has 0 aliphatic heterocycles. The van der Waals surface area contributed by atoms with Crippen LogP contribution in [-0.2, 0) is 0 Å². The molecule has 0 heterocycles. The van der Waals surface area contributed by atoms with Gasteiger partial charge < -0.3 is 0 Å². The van der Waals surface area contributed by atoms with E-state index >= 15 is 0 Å². The minimum atomic E-state index is 0.473. The van der Waals surface area contributed by atoms with Crippen molar-refractivity contribution < 1.29 is 0 Å². The molecule has 15 heavy (non-hydrogen) atoms. The van der Waals surface area contributed by atoms with Gasteiger partial charge in [0.05, 0.1) is 0 Å². The fourth-order valence-corrected chi connectivity index (χ4v) is 2.79. The number of hydrogen-bond donors (Lipinski definition) is 0. The molecule has 0 saturated heterocycles. The van der Waals surface area contributed by atoms with Crippen molar-refractivity contribution in [2.75, 3.05) is 0 Å². The zero-order chi connectivity index (χ0) is 11.3. The first kappa shape index (κ1) is 12.3. The average molecular weight is 204 g/mol. The molecule has 0 aromatic rings. The molecule has 0 saturated carbocycles. The fourth-order valence-electron chi connectivity index (χ4n) is 2.79. The molecule has 0 amide bonds. The molecule has 2 atom stereocenters. The molecule has 0 nitrogen and oxygen atoms in total. The van der Waals surface area contributed by atoms with Gasteiger partial charge in [-0.05, 0) is 50.4 Å². The van der Waals surface area contributed by atoms with E-state index in [4.69, 9.17) is 0 Å². The molecular formula is C15H24. The standard InChI is InChI=1S/C15H24/c1-5-7-8-11-15(4)12-10-13(3)14(15)9-6-2/h5-6,10,14H,1-2,7-9,11-12H2,3-4H3. The topological polar surface area (TPSA) is 0 Å². The second-order valence-electron chi connectivity index (χ2n) is 5.06. The number of unbranched alkanes of at least 4 members (excludes halogenated alkanes) is 1. The van der Waals surface area contributed by atoms with Crippen LogP contribution >= 0.6 is 0 Å². The van der Waals surface area contributed by atoms with E-state index in [0.717, 1.165) is 18.8 Å². The van der Waals surface area contributed by atoms with Crippen molar-refractivity contribution in [1.82, 2.24) is 0 Å². The Labute approximate surface area is 94.8 Å². The molecule has 0 N–H and O–H groups in total. The highest BCUT2D eigenvalue weighted by molar-refractivity contribution is 5.18. The third-order valence-electron chi connectivity index (χ3n) is 3.84. The van der Waals surface area contributed by atoms with Gasteiger partial charge in [0.15, 0.2) is 0 Å². The lowest BCUT2D eigenvalue weighted by atomic mass is 9.72. The lowest BCUT2D eigenvalue weighted by Crippen LogP contribution is -2.23. The van der Waals surface area contributed by atoms with Crippen LogP contribution in [0.15, 0.2) is 37.0 Å². The quantitative estimate of drug-likeness (QED) is 0.427. The van der Waals surface area contributed by atoms with Crippen LogP contribution in [-0.4, -0.2) is 0 Å². The first-order valence-electron chi connectivity index (χ1n) is 6.02. The summed E-state index contributed by atoms with van der Waals surface area (Å²) in [6.07, 6.45) is 12.6. The Morgan fingerprint density at radius 2 is 2.20 bits per heavy atom. The highest BCUT2D eigenvalue weighted by Gasteiger charge is 2.36. The lowest BCUT2D eigenvalue weighted by Gasteiger charge is -2.32. The normalized spacial score (nSPS) is 30.0. The molecule has 0 spiro atoms. The van der Waals surface area contributed by atoms with Gasteiger partial charge in [-0.2, -0.15) is 0 Å². The Bertz CT molecular complexity index is 259. The van der Waals surface area contributed by atoms with Crippen LogP contribution in [0.25, 0.3) is 0 Å². The summed E-state index contributed by atoms with van der Waals surface area (Å²) in [5.74, 6) is 0.722. The predicted molar refractivity (Wildman–Crippen MR) is 68.8 cm³/mol. The average Bonchev–Trinajstić information content (AvgIpc) is 2.48. The molecule has 1 rings (SSSR count). The Morgan fingerprint density at radius 3 is 2.80 bits per heavy atom. The SMILES string of the molecule is C=CCCCC1(C)CC=C(C)C1CC=C. The maximum Gasteiger partial charge on any atom is -0.0115 e. The minimum absolute atomic E-state index is 0.473. The van der Waals surface area contributed by atoms with Crippen molar-refractivity contribution in [3.05, 3.63) is 37.0 Å². The molecule has 84 valence electrons. The van der Waals surface area contributed by atoms with Crippen LogP contribution in [0.5, 0.6) is 0 Å². The molecule has 0 radical (unpaired) electrons. The van der Waals surface area contributed by atoms with Crippen LogP contribution in [0.4, 0.5) is 0 Å². The Hall–Kier alpha value is -0.780. The second kappa shape index (κ2) is 5.34. The number of rotatable bonds is 6. The summed E-state index contributed by atoms with van der Waals surface area (Å²) in [5.41, 5.74) is 2.04. The second-order valence-corrected chi connectivity index (χ2v) is 5.06. The van der Waals surface area contributed by atoms with Gasteiger partial charge in [-0.1, -0.05) is 30.7 Å². The predicted octanol–water partition coefficient (Wildman–Crippen LogP) is 4.89. The van der Waals surface area contributed by atoms with Gasteiger partial charge in [-0.25, -0.2) is 0 Å². The van der Waals surface area contributed by atoms with Crippen LogP contribution in [0.3, 0.4) is 0 Å². The van der Waals surface area contributed by atoms with Crippen LogP contribution < -0.4 is 0 Å². The first-order valence-corrected chi connectivity index (χ1v) is 6.02.